The number of benzene rings is 1. The zero-order valence-corrected chi connectivity index (χ0v) is 12.4. The van der Waals surface area contributed by atoms with E-state index in [1.165, 1.54) is 0 Å². The zero-order chi connectivity index (χ0) is 14.5. The van der Waals surface area contributed by atoms with Gasteiger partial charge in [0.15, 0.2) is 0 Å². The third-order valence-corrected chi connectivity index (χ3v) is 3.53. The van der Waals surface area contributed by atoms with E-state index in [1.807, 2.05) is 6.92 Å². The van der Waals surface area contributed by atoms with Crippen molar-refractivity contribution in [1.29, 1.82) is 0 Å². The maximum absolute atomic E-state index is 12.0. The van der Waals surface area contributed by atoms with Crippen LogP contribution in [-0.2, 0) is 4.74 Å². The summed E-state index contributed by atoms with van der Waals surface area (Å²) in [7, 11) is 1.54. The number of rotatable bonds is 4. The molecular weight excluding hydrogens is 280 g/mol. The first kappa shape index (κ1) is 14.9. The van der Waals surface area contributed by atoms with Gasteiger partial charge in [-0.2, -0.15) is 0 Å². The predicted molar refractivity (Wildman–Crippen MR) is 78.6 cm³/mol. The van der Waals surface area contributed by atoms with Gasteiger partial charge in [0.2, 0.25) is 0 Å². The smallest absolute Gasteiger partial charge is 0.319 e. The van der Waals surface area contributed by atoms with Crippen molar-refractivity contribution in [2.45, 2.75) is 31.9 Å². The number of hydrogen-bond donors (Lipinski definition) is 2. The van der Waals surface area contributed by atoms with Crippen molar-refractivity contribution < 1.29 is 14.3 Å². The van der Waals surface area contributed by atoms with Gasteiger partial charge < -0.3 is 20.1 Å². The number of anilines is 1. The van der Waals surface area contributed by atoms with Gasteiger partial charge in [0.05, 0.1) is 24.9 Å². The first-order valence-electron chi connectivity index (χ1n) is 6.63. The van der Waals surface area contributed by atoms with Gasteiger partial charge in [-0.25, -0.2) is 4.79 Å². The molecule has 1 aromatic rings. The molecule has 1 aliphatic heterocycles. The minimum absolute atomic E-state index is 0.0392. The molecule has 1 heterocycles. The Morgan fingerprint density at radius 1 is 1.55 bits per heavy atom. The predicted octanol–water partition coefficient (Wildman–Crippen LogP) is 3.04. The van der Waals surface area contributed by atoms with E-state index >= 15 is 0 Å². The molecule has 1 saturated heterocycles. The van der Waals surface area contributed by atoms with Crippen LogP contribution < -0.4 is 15.4 Å². The van der Waals surface area contributed by atoms with E-state index in [9.17, 15) is 4.79 Å². The fourth-order valence-corrected chi connectivity index (χ4v) is 2.41. The van der Waals surface area contributed by atoms with Crippen LogP contribution in [-0.4, -0.2) is 31.9 Å². The Morgan fingerprint density at radius 2 is 2.35 bits per heavy atom. The van der Waals surface area contributed by atoms with E-state index in [4.69, 9.17) is 21.1 Å². The van der Waals surface area contributed by atoms with E-state index in [-0.39, 0.29) is 18.2 Å². The lowest BCUT2D eigenvalue weighted by molar-refractivity contribution is 0.0868. The van der Waals surface area contributed by atoms with Crippen molar-refractivity contribution in [3.63, 3.8) is 0 Å². The molecule has 2 rings (SSSR count). The van der Waals surface area contributed by atoms with E-state index in [2.05, 4.69) is 10.6 Å². The highest BCUT2D eigenvalue weighted by atomic mass is 35.5. The second kappa shape index (κ2) is 6.81. The Labute approximate surface area is 123 Å². The fourth-order valence-electron chi connectivity index (χ4n) is 2.23. The van der Waals surface area contributed by atoms with Crippen molar-refractivity contribution in [1.82, 2.24) is 5.32 Å². The molecule has 2 amide bonds. The van der Waals surface area contributed by atoms with Crippen LogP contribution in [0.3, 0.4) is 0 Å². The molecular formula is C14H19ClN2O3. The molecule has 2 N–H and O–H groups in total. The lowest BCUT2D eigenvalue weighted by atomic mass is 10.1. The SMILES string of the molecule is COc1ccc(Cl)cc1NC(=O)NC(C)C1CCCO1. The van der Waals surface area contributed by atoms with Gasteiger partial charge in [-0.15, -0.1) is 0 Å². The molecule has 0 aromatic heterocycles. The quantitative estimate of drug-likeness (QED) is 0.898. The van der Waals surface area contributed by atoms with Crippen LogP contribution in [0.2, 0.25) is 5.02 Å². The summed E-state index contributed by atoms with van der Waals surface area (Å²) in [6.07, 6.45) is 2.10. The molecule has 20 heavy (non-hydrogen) atoms. The summed E-state index contributed by atoms with van der Waals surface area (Å²) in [6, 6.07) is 4.73. The lowest BCUT2D eigenvalue weighted by Crippen LogP contribution is -2.43. The first-order chi connectivity index (χ1) is 9.60. The first-order valence-corrected chi connectivity index (χ1v) is 7.00. The molecule has 1 fully saturated rings. The highest BCUT2D eigenvalue weighted by Crippen LogP contribution is 2.27. The van der Waals surface area contributed by atoms with Gasteiger partial charge in [0, 0.05) is 11.6 Å². The Bertz CT molecular complexity index is 475. The summed E-state index contributed by atoms with van der Waals surface area (Å²) in [4.78, 5) is 12.0. The molecule has 110 valence electrons. The molecule has 0 saturated carbocycles. The summed E-state index contributed by atoms with van der Waals surface area (Å²) in [5.74, 6) is 0.564. The molecule has 1 aromatic carbocycles. The number of amides is 2. The second-order valence-corrected chi connectivity index (χ2v) is 5.22. The Hall–Kier alpha value is -1.46. The van der Waals surface area contributed by atoms with Crippen LogP contribution in [0.1, 0.15) is 19.8 Å². The van der Waals surface area contributed by atoms with Crippen LogP contribution in [0.15, 0.2) is 18.2 Å². The molecule has 5 nitrogen and oxygen atoms in total. The summed E-state index contributed by atoms with van der Waals surface area (Å²) in [6.45, 7) is 2.70. The fraction of sp³-hybridized carbons (Fsp3) is 0.500. The van der Waals surface area contributed by atoms with Crippen LogP contribution >= 0.6 is 11.6 Å². The maximum atomic E-state index is 12.0. The highest BCUT2D eigenvalue weighted by Gasteiger charge is 2.23. The topological polar surface area (TPSA) is 59.6 Å². The molecule has 0 bridgehead atoms. The van der Waals surface area contributed by atoms with Crippen molar-refractivity contribution in [3.05, 3.63) is 23.2 Å². The van der Waals surface area contributed by atoms with Crippen molar-refractivity contribution in [3.8, 4) is 5.75 Å². The normalized spacial score (nSPS) is 19.4. The number of halogens is 1. The summed E-state index contributed by atoms with van der Waals surface area (Å²) in [5, 5.41) is 6.14. The second-order valence-electron chi connectivity index (χ2n) is 4.78. The highest BCUT2D eigenvalue weighted by molar-refractivity contribution is 6.31. The third-order valence-electron chi connectivity index (χ3n) is 3.29. The lowest BCUT2D eigenvalue weighted by Gasteiger charge is -2.20. The van der Waals surface area contributed by atoms with Gasteiger partial charge in [-0.1, -0.05) is 11.6 Å². The number of urea groups is 1. The van der Waals surface area contributed by atoms with E-state index in [1.54, 1.807) is 25.3 Å². The summed E-state index contributed by atoms with van der Waals surface area (Å²) in [5.41, 5.74) is 0.539. The Morgan fingerprint density at radius 3 is 3.00 bits per heavy atom. The summed E-state index contributed by atoms with van der Waals surface area (Å²) >= 11 is 5.92. The van der Waals surface area contributed by atoms with Gasteiger partial charge in [-0.05, 0) is 38.0 Å². The van der Waals surface area contributed by atoms with Gasteiger partial charge >= 0.3 is 6.03 Å². The van der Waals surface area contributed by atoms with E-state index in [0.717, 1.165) is 19.4 Å². The van der Waals surface area contributed by atoms with E-state index < -0.39 is 0 Å². The number of ether oxygens (including phenoxy) is 2. The molecule has 0 spiro atoms. The average molecular weight is 299 g/mol. The monoisotopic (exact) mass is 298 g/mol. The van der Waals surface area contributed by atoms with Crippen LogP contribution in [0.4, 0.5) is 10.5 Å². The minimum Gasteiger partial charge on any atom is -0.495 e. The number of carbonyl (C=O) groups excluding carboxylic acids is 1. The maximum Gasteiger partial charge on any atom is 0.319 e. The van der Waals surface area contributed by atoms with Crippen LogP contribution in [0, 0.1) is 0 Å². The Kier molecular flexibility index (Phi) is 5.09. The standard InChI is InChI=1S/C14H19ClN2O3/c1-9(12-4-3-7-20-12)16-14(18)17-11-8-10(15)5-6-13(11)19-2/h5-6,8-9,12H,3-4,7H2,1-2H3,(H2,16,17,18). The van der Waals surface area contributed by atoms with Crippen LogP contribution in [0.5, 0.6) is 5.75 Å². The molecule has 2 atom stereocenters. The van der Waals surface area contributed by atoms with Crippen LogP contribution in [0.25, 0.3) is 0 Å². The molecule has 6 heteroatoms. The van der Waals surface area contributed by atoms with Gasteiger partial charge in [0.25, 0.3) is 0 Å². The zero-order valence-electron chi connectivity index (χ0n) is 11.6. The number of nitrogens with one attached hydrogen (secondary N) is 2. The van der Waals surface area contributed by atoms with Gasteiger partial charge in [-0.3, -0.25) is 0 Å². The number of hydrogen-bond acceptors (Lipinski definition) is 3. The Balaban J connectivity index is 1.95. The minimum atomic E-state index is -0.298. The molecule has 0 radical (unpaired) electrons. The number of carbonyl (C=O) groups is 1. The molecule has 0 aliphatic carbocycles. The average Bonchev–Trinajstić information content (AvgIpc) is 2.92. The van der Waals surface area contributed by atoms with Crippen molar-refractivity contribution in [2.24, 2.45) is 0 Å². The summed E-state index contributed by atoms with van der Waals surface area (Å²) < 4.78 is 10.7. The van der Waals surface area contributed by atoms with Crippen molar-refractivity contribution in [2.75, 3.05) is 19.0 Å². The third kappa shape index (κ3) is 3.77. The molecule has 2 unspecified atom stereocenters. The largest absolute Gasteiger partial charge is 0.495 e. The van der Waals surface area contributed by atoms with Crippen molar-refractivity contribution >= 4 is 23.3 Å². The molecule has 1 aliphatic rings. The number of methoxy groups -OCH3 is 1. The van der Waals surface area contributed by atoms with Gasteiger partial charge in [0.1, 0.15) is 5.75 Å². The van der Waals surface area contributed by atoms with E-state index in [0.29, 0.717) is 16.5 Å².